The molecule has 0 amide bonds. The van der Waals surface area contributed by atoms with Crippen LogP contribution < -0.4 is 4.90 Å². The minimum Gasteiger partial charge on any atom is -0.354 e. The van der Waals surface area contributed by atoms with E-state index in [1.165, 1.54) is 6.07 Å². The van der Waals surface area contributed by atoms with Crippen molar-refractivity contribution in [3.8, 4) is 5.69 Å². The molecular formula is C17H18FN7. The van der Waals surface area contributed by atoms with Gasteiger partial charge in [-0.05, 0) is 42.9 Å². The summed E-state index contributed by atoms with van der Waals surface area (Å²) in [4.78, 5) is 7.56. The van der Waals surface area contributed by atoms with Gasteiger partial charge in [0.1, 0.15) is 5.69 Å². The first-order valence-electron chi connectivity index (χ1n) is 8.33. The highest BCUT2D eigenvalue weighted by Crippen LogP contribution is 2.24. The van der Waals surface area contributed by atoms with Crippen molar-refractivity contribution in [2.45, 2.75) is 19.3 Å². The van der Waals surface area contributed by atoms with Gasteiger partial charge in [-0.1, -0.05) is 6.07 Å². The molecule has 3 aromatic heterocycles. The van der Waals surface area contributed by atoms with Crippen LogP contribution in [-0.4, -0.2) is 43.3 Å². The van der Waals surface area contributed by atoms with E-state index in [0.29, 0.717) is 5.92 Å². The lowest BCUT2D eigenvalue weighted by molar-refractivity contribution is 0.410. The molecule has 1 unspecified atom stereocenters. The number of nitrogens with zero attached hydrogens (tertiary/aromatic N) is 7. The van der Waals surface area contributed by atoms with E-state index in [9.17, 15) is 4.39 Å². The molecule has 25 heavy (non-hydrogen) atoms. The molecule has 0 N–H and O–H groups in total. The van der Waals surface area contributed by atoms with Gasteiger partial charge in [0.15, 0.2) is 5.82 Å². The van der Waals surface area contributed by atoms with Gasteiger partial charge >= 0.3 is 0 Å². The summed E-state index contributed by atoms with van der Waals surface area (Å²) in [7, 11) is 0. The van der Waals surface area contributed by atoms with Crippen LogP contribution in [0.25, 0.3) is 5.69 Å². The summed E-state index contributed by atoms with van der Waals surface area (Å²) in [5, 5.41) is 16.5. The van der Waals surface area contributed by atoms with Crippen LogP contribution in [0.15, 0.2) is 43.0 Å². The number of anilines is 1. The molecule has 1 aliphatic rings. The summed E-state index contributed by atoms with van der Waals surface area (Å²) < 4.78 is 12.9. The highest BCUT2D eigenvalue weighted by atomic mass is 19.1. The first-order chi connectivity index (χ1) is 12.3. The molecule has 4 heterocycles. The maximum Gasteiger partial charge on any atom is 0.212 e. The second-order valence-corrected chi connectivity index (χ2v) is 6.24. The Hall–Kier alpha value is -2.90. The van der Waals surface area contributed by atoms with Crippen molar-refractivity contribution < 1.29 is 4.39 Å². The minimum absolute atomic E-state index is 0.434. The maximum atomic E-state index is 12.9. The van der Waals surface area contributed by atoms with Crippen molar-refractivity contribution in [3.63, 3.8) is 0 Å². The lowest BCUT2D eigenvalue weighted by atomic mass is 9.92. The number of piperidine rings is 1. The van der Waals surface area contributed by atoms with E-state index in [1.54, 1.807) is 29.6 Å². The fraction of sp³-hybridized carbons (Fsp3) is 0.353. The van der Waals surface area contributed by atoms with Gasteiger partial charge < -0.3 is 4.90 Å². The summed E-state index contributed by atoms with van der Waals surface area (Å²) >= 11 is 0. The zero-order valence-electron chi connectivity index (χ0n) is 13.7. The van der Waals surface area contributed by atoms with Crippen molar-refractivity contribution >= 4 is 5.82 Å². The van der Waals surface area contributed by atoms with Gasteiger partial charge in [0.2, 0.25) is 5.95 Å². The third-order valence-corrected chi connectivity index (χ3v) is 4.44. The molecule has 128 valence electrons. The average molecular weight is 339 g/mol. The van der Waals surface area contributed by atoms with Crippen LogP contribution in [0.4, 0.5) is 10.2 Å². The van der Waals surface area contributed by atoms with Crippen LogP contribution in [0, 0.1) is 11.9 Å². The SMILES string of the molecule is Fc1ccc(CC2CCCN(c3cnn(-c4ccnnc4)n3)C2)cn1. The minimum atomic E-state index is -0.434. The Balaban J connectivity index is 1.44. The fourth-order valence-electron chi connectivity index (χ4n) is 3.23. The van der Waals surface area contributed by atoms with Crippen molar-refractivity contribution in [2.75, 3.05) is 18.0 Å². The average Bonchev–Trinajstić information content (AvgIpc) is 3.15. The summed E-state index contributed by atoms with van der Waals surface area (Å²) in [6, 6.07) is 5.05. The quantitative estimate of drug-likeness (QED) is 0.678. The lowest BCUT2D eigenvalue weighted by Gasteiger charge is -2.32. The molecule has 8 heteroatoms. The normalized spacial score (nSPS) is 17.6. The van der Waals surface area contributed by atoms with Crippen LogP contribution >= 0.6 is 0 Å². The number of hydrogen-bond acceptors (Lipinski definition) is 6. The third-order valence-electron chi connectivity index (χ3n) is 4.44. The van der Waals surface area contributed by atoms with Gasteiger partial charge in [-0.2, -0.15) is 19.7 Å². The van der Waals surface area contributed by atoms with Crippen molar-refractivity contribution in [3.05, 3.63) is 54.5 Å². The molecule has 0 bridgehead atoms. The Morgan fingerprint density at radius 1 is 1.12 bits per heavy atom. The van der Waals surface area contributed by atoms with Gasteiger partial charge in [-0.15, -0.1) is 9.90 Å². The third kappa shape index (κ3) is 3.62. The Morgan fingerprint density at radius 2 is 2.08 bits per heavy atom. The molecule has 1 atom stereocenters. The summed E-state index contributed by atoms with van der Waals surface area (Å²) in [6.45, 7) is 1.87. The molecule has 1 saturated heterocycles. The second kappa shape index (κ2) is 6.92. The largest absolute Gasteiger partial charge is 0.354 e. The van der Waals surface area contributed by atoms with Crippen molar-refractivity contribution in [1.29, 1.82) is 0 Å². The first kappa shape index (κ1) is 15.6. The second-order valence-electron chi connectivity index (χ2n) is 6.24. The first-order valence-corrected chi connectivity index (χ1v) is 8.33. The van der Waals surface area contributed by atoms with E-state index in [-0.39, 0.29) is 0 Å². The van der Waals surface area contributed by atoms with Gasteiger partial charge in [-0.25, -0.2) is 4.98 Å². The van der Waals surface area contributed by atoms with Gasteiger partial charge in [0, 0.05) is 19.3 Å². The van der Waals surface area contributed by atoms with Crippen LogP contribution in [0.3, 0.4) is 0 Å². The molecule has 0 radical (unpaired) electrons. The highest BCUT2D eigenvalue weighted by molar-refractivity contribution is 5.37. The molecule has 0 spiro atoms. The van der Waals surface area contributed by atoms with Crippen LogP contribution in [0.5, 0.6) is 0 Å². The summed E-state index contributed by atoms with van der Waals surface area (Å²) in [5.41, 5.74) is 1.85. The van der Waals surface area contributed by atoms with Gasteiger partial charge in [0.25, 0.3) is 0 Å². The molecule has 4 rings (SSSR count). The zero-order chi connectivity index (χ0) is 17.1. The summed E-state index contributed by atoms with van der Waals surface area (Å²) in [5.74, 6) is 0.920. The van der Waals surface area contributed by atoms with Crippen LogP contribution in [0.1, 0.15) is 18.4 Å². The number of hydrogen-bond donors (Lipinski definition) is 0. The van der Waals surface area contributed by atoms with E-state index < -0.39 is 5.95 Å². The fourth-order valence-corrected chi connectivity index (χ4v) is 3.23. The summed E-state index contributed by atoms with van der Waals surface area (Å²) in [6.07, 6.45) is 9.80. The monoisotopic (exact) mass is 339 g/mol. The van der Waals surface area contributed by atoms with E-state index in [2.05, 4.69) is 30.3 Å². The number of aromatic nitrogens is 6. The van der Waals surface area contributed by atoms with Crippen LogP contribution in [0.2, 0.25) is 0 Å². The zero-order valence-corrected chi connectivity index (χ0v) is 13.7. The Kier molecular flexibility index (Phi) is 4.32. The number of rotatable bonds is 4. The van der Waals surface area contributed by atoms with Crippen molar-refractivity contribution in [1.82, 2.24) is 30.2 Å². The van der Waals surface area contributed by atoms with E-state index >= 15 is 0 Å². The Morgan fingerprint density at radius 3 is 2.88 bits per heavy atom. The topological polar surface area (TPSA) is 72.6 Å². The van der Waals surface area contributed by atoms with E-state index in [1.807, 2.05) is 12.1 Å². The lowest BCUT2D eigenvalue weighted by Crippen LogP contribution is -2.36. The molecule has 0 aliphatic carbocycles. The van der Waals surface area contributed by atoms with Gasteiger partial charge in [-0.3, -0.25) is 0 Å². The van der Waals surface area contributed by atoms with Crippen LogP contribution in [-0.2, 0) is 6.42 Å². The van der Waals surface area contributed by atoms with E-state index in [0.717, 1.165) is 49.4 Å². The molecule has 0 aromatic carbocycles. The van der Waals surface area contributed by atoms with E-state index in [4.69, 9.17) is 0 Å². The Labute approximate surface area is 144 Å². The maximum absolute atomic E-state index is 12.9. The smallest absolute Gasteiger partial charge is 0.212 e. The standard InChI is InChI=1S/C17H18FN7/c18-16-4-3-13(9-19-16)8-14-2-1-7-24(12-14)17-11-22-25(23-17)15-5-6-20-21-10-15/h3-6,9-11,14H,1-2,7-8,12H2. The highest BCUT2D eigenvalue weighted by Gasteiger charge is 2.22. The molecule has 3 aromatic rings. The molecular weight excluding hydrogens is 321 g/mol. The molecule has 1 fully saturated rings. The molecule has 0 saturated carbocycles. The number of pyridine rings is 1. The van der Waals surface area contributed by atoms with Gasteiger partial charge in [0.05, 0.1) is 18.6 Å². The van der Waals surface area contributed by atoms with Crippen molar-refractivity contribution in [2.24, 2.45) is 5.92 Å². The predicted molar refractivity (Wildman–Crippen MR) is 89.8 cm³/mol. The predicted octanol–water partition coefficient (Wildman–Crippen LogP) is 2.05. The molecule has 7 nitrogen and oxygen atoms in total. The molecule has 1 aliphatic heterocycles. The Bertz CT molecular complexity index is 819. The number of halogens is 1.